The van der Waals surface area contributed by atoms with Crippen molar-refractivity contribution in [2.75, 3.05) is 19.0 Å². The Kier molecular flexibility index (Phi) is 6.73. The van der Waals surface area contributed by atoms with E-state index in [2.05, 4.69) is 10.6 Å². The van der Waals surface area contributed by atoms with Gasteiger partial charge in [0.25, 0.3) is 0 Å². The number of esters is 1. The normalized spacial score (nSPS) is 9.92. The van der Waals surface area contributed by atoms with E-state index in [1.807, 2.05) is 6.07 Å². The number of carbonyl (C=O) groups excluding carboxylic acids is 3. The van der Waals surface area contributed by atoms with Gasteiger partial charge in [-0.15, -0.1) is 0 Å². The minimum Gasteiger partial charge on any atom is -0.496 e. The van der Waals surface area contributed by atoms with Gasteiger partial charge in [0.15, 0.2) is 0 Å². The van der Waals surface area contributed by atoms with Gasteiger partial charge in [-0.1, -0.05) is 30.3 Å². The van der Waals surface area contributed by atoms with Gasteiger partial charge in [-0.2, -0.15) is 0 Å². The minimum atomic E-state index is -0.878. The van der Waals surface area contributed by atoms with Gasteiger partial charge in [0, 0.05) is 12.1 Å². The van der Waals surface area contributed by atoms with Gasteiger partial charge in [-0.05, 0) is 25.1 Å². The van der Waals surface area contributed by atoms with Crippen LogP contribution in [0.4, 0.5) is 5.69 Å². The zero-order chi connectivity index (χ0) is 18.9. The second-order valence-corrected chi connectivity index (χ2v) is 5.21. The molecule has 7 heteroatoms. The summed E-state index contributed by atoms with van der Waals surface area (Å²) in [4.78, 5) is 36.1. The molecular weight excluding hydrogens is 336 g/mol. The monoisotopic (exact) mass is 356 g/mol. The van der Waals surface area contributed by atoms with Crippen LogP contribution in [-0.2, 0) is 20.9 Å². The third-order valence-electron chi connectivity index (χ3n) is 3.51. The van der Waals surface area contributed by atoms with Gasteiger partial charge < -0.3 is 20.1 Å². The molecule has 0 spiro atoms. The highest BCUT2D eigenvalue weighted by Crippen LogP contribution is 2.17. The summed E-state index contributed by atoms with van der Waals surface area (Å²) in [7, 11) is 1.53. The molecule has 2 aromatic rings. The van der Waals surface area contributed by atoms with Crippen molar-refractivity contribution in [3.63, 3.8) is 0 Å². The molecule has 0 radical (unpaired) electrons. The van der Waals surface area contributed by atoms with Crippen molar-refractivity contribution in [1.82, 2.24) is 5.32 Å². The molecule has 0 fully saturated rings. The highest BCUT2D eigenvalue weighted by Gasteiger charge is 2.18. The van der Waals surface area contributed by atoms with Crippen LogP contribution < -0.4 is 15.4 Å². The zero-order valence-electron chi connectivity index (χ0n) is 14.6. The number of amides is 2. The quantitative estimate of drug-likeness (QED) is 0.611. The van der Waals surface area contributed by atoms with E-state index in [0.29, 0.717) is 5.75 Å². The van der Waals surface area contributed by atoms with Crippen LogP contribution in [0.1, 0.15) is 22.8 Å². The first-order valence-electron chi connectivity index (χ1n) is 8.04. The second kappa shape index (κ2) is 9.22. The summed E-state index contributed by atoms with van der Waals surface area (Å²) < 4.78 is 10.1. The number of anilines is 1. The smallest absolute Gasteiger partial charge is 0.340 e. The molecule has 0 aliphatic rings. The summed E-state index contributed by atoms with van der Waals surface area (Å²) in [6.45, 7) is 2.03. The average Bonchev–Trinajstić information content (AvgIpc) is 2.66. The molecule has 0 saturated carbocycles. The lowest BCUT2D eigenvalue weighted by molar-refractivity contribution is -0.136. The van der Waals surface area contributed by atoms with Gasteiger partial charge in [0.1, 0.15) is 5.75 Å². The van der Waals surface area contributed by atoms with Crippen LogP contribution in [0.5, 0.6) is 5.75 Å². The molecule has 0 bridgehead atoms. The van der Waals surface area contributed by atoms with Crippen molar-refractivity contribution in [1.29, 1.82) is 0 Å². The van der Waals surface area contributed by atoms with E-state index in [0.717, 1.165) is 5.56 Å². The van der Waals surface area contributed by atoms with Crippen LogP contribution in [0.25, 0.3) is 0 Å². The Morgan fingerprint density at radius 2 is 1.65 bits per heavy atom. The number of carbonyl (C=O) groups is 3. The van der Waals surface area contributed by atoms with E-state index >= 15 is 0 Å². The summed E-state index contributed by atoms with van der Waals surface area (Å²) in [5.74, 6) is -1.66. The molecule has 2 aromatic carbocycles. The molecule has 2 rings (SSSR count). The number of nitrogens with one attached hydrogen (secondary N) is 2. The number of rotatable bonds is 6. The van der Waals surface area contributed by atoms with Crippen molar-refractivity contribution in [3.8, 4) is 5.75 Å². The van der Waals surface area contributed by atoms with Crippen LogP contribution in [0.2, 0.25) is 0 Å². The van der Waals surface area contributed by atoms with Gasteiger partial charge in [0.2, 0.25) is 0 Å². The molecule has 0 unspecified atom stereocenters. The van der Waals surface area contributed by atoms with Crippen molar-refractivity contribution >= 4 is 23.5 Å². The van der Waals surface area contributed by atoms with Gasteiger partial charge in [-0.3, -0.25) is 9.59 Å². The molecule has 0 heterocycles. The summed E-state index contributed by atoms with van der Waals surface area (Å²) >= 11 is 0. The maximum atomic E-state index is 12.1. The molecule has 2 amide bonds. The Balaban J connectivity index is 2.02. The van der Waals surface area contributed by atoms with E-state index in [-0.39, 0.29) is 24.4 Å². The SMILES string of the molecule is CCOC(=O)c1ccccc1NC(=O)C(=O)NCc1ccccc1OC. The lowest BCUT2D eigenvalue weighted by Crippen LogP contribution is -2.35. The molecule has 136 valence electrons. The fraction of sp³-hybridized carbons (Fsp3) is 0.211. The molecule has 0 aliphatic carbocycles. The van der Waals surface area contributed by atoms with E-state index in [4.69, 9.17) is 9.47 Å². The second-order valence-electron chi connectivity index (χ2n) is 5.21. The third-order valence-corrected chi connectivity index (χ3v) is 3.51. The standard InChI is InChI=1S/C19H20N2O5/c1-3-26-19(24)14-9-5-6-10-15(14)21-18(23)17(22)20-12-13-8-4-7-11-16(13)25-2/h4-11H,3,12H2,1-2H3,(H,20,22)(H,21,23). The molecule has 0 aliphatic heterocycles. The first-order chi connectivity index (χ1) is 12.6. The summed E-state index contributed by atoms with van der Waals surface area (Å²) in [6.07, 6.45) is 0. The number of para-hydroxylation sites is 2. The maximum Gasteiger partial charge on any atom is 0.340 e. The number of hydrogen-bond acceptors (Lipinski definition) is 5. The molecular formula is C19H20N2O5. The fourth-order valence-corrected chi connectivity index (χ4v) is 2.26. The van der Waals surface area contributed by atoms with E-state index in [1.54, 1.807) is 37.3 Å². The summed E-state index contributed by atoms with van der Waals surface area (Å²) in [5.41, 5.74) is 1.13. The average molecular weight is 356 g/mol. The topological polar surface area (TPSA) is 93.7 Å². The molecule has 0 atom stereocenters. The lowest BCUT2D eigenvalue weighted by atomic mass is 10.1. The van der Waals surface area contributed by atoms with Gasteiger partial charge in [0.05, 0.1) is 25.0 Å². The van der Waals surface area contributed by atoms with Crippen LogP contribution in [0.15, 0.2) is 48.5 Å². The first-order valence-corrected chi connectivity index (χ1v) is 8.04. The van der Waals surface area contributed by atoms with Crippen LogP contribution in [0.3, 0.4) is 0 Å². The lowest BCUT2D eigenvalue weighted by Gasteiger charge is -2.11. The Labute approximate surface area is 151 Å². The predicted molar refractivity (Wildman–Crippen MR) is 95.9 cm³/mol. The van der Waals surface area contributed by atoms with Crippen molar-refractivity contribution in [2.24, 2.45) is 0 Å². The van der Waals surface area contributed by atoms with Gasteiger partial charge in [-0.25, -0.2) is 4.79 Å². The highest BCUT2D eigenvalue weighted by molar-refractivity contribution is 6.39. The summed E-state index contributed by atoms with van der Waals surface area (Å²) in [6, 6.07) is 13.5. The third kappa shape index (κ3) is 4.83. The minimum absolute atomic E-state index is 0.135. The molecule has 0 aromatic heterocycles. The Bertz CT molecular complexity index is 804. The van der Waals surface area contributed by atoms with Crippen LogP contribution in [-0.4, -0.2) is 31.5 Å². The fourth-order valence-electron chi connectivity index (χ4n) is 2.26. The van der Waals surface area contributed by atoms with Crippen LogP contribution >= 0.6 is 0 Å². The molecule has 2 N–H and O–H groups in total. The Morgan fingerprint density at radius 1 is 0.962 bits per heavy atom. The first kappa shape index (κ1) is 19.0. The van der Waals surface area contributed by atoms with Crippen molar-refractivity contribution < 1.29 is 23.9 Å². The van der Waals surface area contributed by atoms with Gasteiger partial charge >= 0.3 is 17.8 Å². The molecule has 0 saturated heterocycles. The van der Waals surface area contributed by atoms with Crippen molar-refractivity contribution in [3.05, 3.63) is 59.7 Å². The molecule has 7 nitrogen and oxygen atoms in total. The predicted octanol–water partition coefficient (Wildman–Crippen LogP) is 2.13. The summed E-state index contributed by atoms with van der Waals surface area (Å²) in [5, 5.41) is 4.95. The van der Waals surface area contributed by atoms with Crippen molar-refractivity contribution in [2.45, 2.75) is 13.5 Å². The van der Waals surface area contributed by atoms with E-state index in [9.17, 15) is 14.4 Å². The highest BCUT2D eigenvalue weighted by atomic mass is 16.5. The van der Waals surface area contributed by atoms with Crippen LogP contribution in [0, 0.1) is 0 Å². The number of benzene rings is 2. The number of methoxy groups -OCH3 is 1. The maximum absolute atomic E-state index is 12.1. The number of ether oxygens (including phenoxy) is 2. The van der Waals surface area contributed by atoms with E-state index in [1.165, 1.54) is 19.2 Å². The largest absolute Gasteiger partial charge is 0.496 e. The zero-order valence-corrected chi connectivity index (χ0v) is 14.6. The Hall–Kier alpha value is -3.35. The number of hydrogen-bond donors (Lipinski definition) is 2. The van der Waals surface area contributed by atoms with E-state index < -0.39 is 17.8 Å². The Morgan fingerprint density at radius 3 is 2.38 bits per heavy atom. The molecule has 26 heavy (non-hydrogen) atoms.